The number of hydrogen-bond donors (Lipinski definition) is 0. The minimum atomic E-state index is 0.642. The Morgan fingerprint density at radius 2 is 0.954 bits per heavy atom. The van der Waals surface area contributed by atoms with Crippen molar-refractivity contribution in [2.45, 2.75) is 0 Å². The van der Waals surface area contributed by atoms with Gasteiger partial charge in [-0.2, -0.15) is 0 Å². The maximum absolute atomic E-state index is 5.24. The monoisotopic (exact) mass is 865 g/mol. The van der Waals surface area contributed by atoms with Gasteiger partial charge in [0.1, 0.15) is 5.82 Å². The summed E-state index contributed by atoms with van der Waals surface area (Å²) in [6.45, 7) is 0. The number of para-hydroxylation sites is 3. The van der Waals surface area contributed by atoms with Crippen LogP contribution in [-0.2, 0) is 0 Å². The van der Waals surface area contributed by atoms with Crippen LogP contribution in [0.4, 0.5) is 0 Å². The fourth-order valence-corrected chi connectivity index (χ4v) is 11.6. The molecule has 7 heteroatoms. The molecule has 0 bridgehead atoms. The maximum atomic E-state index is 5.24. The first-order chi connectivity index (χ1) is 32.2. The number of hydrogen-bond acceptors (Lipinski definition) is 6. The molecule has 13 rings (SSSR count). The van der Waals surface area contributed by atoms with Crippen LogP contribution in [0.3, 0.4) is 0 Å². The van der Waals surface area contributed by atoms with Crippen molar-refractivity contribution in [3.8, 4) is 73.5 Å². The van der Waals surface area contributed by atoms with E-state index in [2.05, 4.69) is 187 Å². The van der Waals surface area contributed by atoms with Crippen LogP contribution >= 0.6 is 22.7 Å². The zero-order valence-corrected chi connectivity index (χ0v) is 36.4. The van der Waals surface area contributed by atoms with Crippen LogP contribution in [0.2, 0.25) is 0 Å². The Bertz CT molecular complexity index is 3940. The SMILES string of the molecule is c1ccc(-c2nc(-c3cccc(-c4cccc5c4sc4ccc(-c6ccc(-c7nc8ccccc8n7-c7ccccc7)cc6)cc45)c3)nc(-c3cccc4sc5ccccc5c34)n2)cc1. The molecule has 0 aliphatic carbocycles. The van der Waals surface area contributed by atoms with Gasteiger partial charge in [0.2, 0.25) is 0 Å². The number of fused-ring (bicyclic) bond motifs is 7. The zero-order valence-electron chi connectivity index (χ0n) is 34.8. The largest absolute Gasteiger partial charge is 0.292 e. The molecule has 0 spiro atoms. The van der Waals surface area contributed by atoms with Crippen LogP contribution in [-0.4, -0.2) is 24.5 Å². The van der Waals surface area contributed by atoms with Crippen molar-refractivity contribution in [1.82, 2.24) is 24.5 Å². The molecule has 304 valence electrons. The van der Waals surface area contributed by atoms with Gasteiger partial charge in [-0.25, -0.2) is 19.9 Å². The number of aromatic nitrogens is 5. The Morgan fingerprint density at radius 3 is 1.83 bits per heavy atom. The second kappa shape index (κ2) is 15.3. The van der Waals surface area contributed by atoms with E-state index in [0.29, 0.717) is 17.5 Å². The summed E-state index contributed by atoms with van der Waals surface area (Å²) >= 11 is 3.64. The van der Waals surface area contributed by atoms with E-state index in [1.807, 2.05) is 41.7 Å². The lowest BCUT2D eigenvalue weighted by Gasteiger charge is -2.11. The molecule has 4 heterocycles. The Balaban J connectivity index is 0.879. The van der Waals surface area contributed by atoms with Gasteiger partial charge in [-0.05, 0) is 76.9 Å². The molecule has 0 unspecified atom stereocenters. The number of rotatable bonds is 7. The molecule has 0 fully saturated rings. The van der Waals surface area contributed by atoms with Crippen LogP contribution in [0.15, 0.2) is 212 Å². The van der Waals surface area contributed by atoms with Gasteiger partial charge in [0, 0.05) is 68.3 Å². The molecule has 13 aromatic rings. The minimum Gasteiger partial charge on any atom is -0.292 e. The summed E-state index contributed by atoms with van der Waals surface area (Å²) in [6, 6.07) is 75.0. The van der Waals surface area contributed by atoms with Gasteiger partial charge >= 0.3 is 0 Å². The van der Waals surface area contributed by atoms with Crippen molar-refractivity contribution in [3.63, 3.8) is 0 Å². The van der Waals surface area contributed by atoms with Crippen LogP contribution in [0.25, 0.3) is 125 Å². The molecule has 65 heavy (non-hydrogen) atoms. The van der Waals surface area contributed by atoms with Gasteiger partial charge in [0.25, 0.3) is 0 Å². The average molecular weight is 866 g/mol. The van der Waals surface area contributed by atoms with Crippen LogP contribution in [0.1, 0.15) is 0 Å². The lowest BCUT2D eigenvalue weighted by Crippen LogP contribution is -2.00. The van der Waals surface area contributed by atoms with E-state index >= 15 is 0 Å². The first-order valence-electron chi connectivity index (χ1n) is 21.6. The van der Waals surface area contributed by atoms with Gasteiger partial charge in [0.05, 0.1) is 11.0 Å². The van der Waals surface area contributed by atoms with E-state index in [-0.39, 0.29) is 0 Å². The second-order valence-electron chi connectivity index (χ2n) is 16.2. The number of benzene rings is 9. The normalized spacial score (nSPS) is 11.7. The molecule has 0 aliphatic rings. The highest BCUT2D eigenvalue weighted by Crippen LogP contribution is 2.43. The lowest BCUT2D eigenvalue weighted by molar-refractivity contribution is 1.08. The molecule has 0 radical (unpaired) electrons. The van der Waals surface area contributed by atoms with Crippen LogP contribution in [0, 0.1) is 0 Å². The molecule has 0 saturated heterocycles. The first-order valence-corrected chi connectivity index (χ1v) is 23.3. The number of imidazole rings is 1. The summed E-state index contributed by atoms with van der Waals surface area (Å²) in [5.74, 6) is 2.88. The van der Waals surface area contributed by atoms with Crippen LogP contribution in [0.5, 0.6) is 0 Å². The van der Waals surface area contributed by atoms with Gasteiger partial charge in [-0.15, -0.1) is 22.7 Å². The van der Waals surface area contributed by atoms with E-state index in [4.69, 9.17) is 19.9 Å². The quantitative estimate of drug-likeness (QED) is 0.160. The standard InChI is InChI=1S/C58H35N5S2/c1-3-14-37(15-4-1)55-60-56(62-57(61-55)46-23-13-27-52-53(46)45-20-7-10-26-50(45)64-52)41-17-11-16-40(34-41)43-21-12-22-44-47-35-39(32-33-51(47)65-54(43)44)36-28-30-38(31-29-36)58-59-48-24-8-9-25-49(48)63(58)42-18-5-2-6-19-42/h1-35H. The predicted octanol–water partition coefficient (Wildman–Crippen LogP) is 15.9. The Kier molecular flexibility index (Phi) is 8.82. The second-order valence-corrected chi connectivity index (χ2v) is 18.3. The highest BCUT2D eigenvalue weighted by atomic mass is 32.1. The topological polar surface area (TPSA) is 56.5 Å². The Hall–Kier alpha value is -8.10. The molecule has 5 nitrogen and oxygen atoms in total. The summed E-state index contributed by atoms with van der Waals surface area (Å²) in [6.07, 6.45) is 0. The molecule has 0 saturated carbocycles. The van der Waals surface area contributed by atoms with Crippen LogP contribution < -0.4 is 0 Å². The van der Waals surface area contributed by atoms with Gasteiger partial charge in [0.15, 0.2) is 17.5 Å². The van der Waals surface area contributed by atoms with Crippen molar-refractivity contribution in [3.05, 3.63) is 212 Å². The molecule has 0 atom stereocenters. The van der Waals surface area contributed by atoms with E-state index in [9.17, 15) is 0 Å². The fraction of sp³-hybridized carbons (Fsp3) is 0. The first kappa shape index (κ1) is 37.5. The van der Waals surface area contributed by atoms with Crippen molar-refractivity contribution in [2.75, 3.05) is 0 Å². The van der Waals surface area contributed by atoms with Crippen molar-refractivity contribution < 1.29 is 0 Å². The van der Waals surface area contributed by atoms with Crippen molar-refractivity contribution >= 4 is 74.1 Å². The number of thiophene rings is 2. The molecule has 9 aromatic carbocycles. The average Bonchev–Trinajstić information content (AvgIpc) is 4.08. The summed E-state index contributed by atoms with van der Waals surface area (Å²) in [4.78, 5) is 20.6. The summed E-state index contributed by atoms with van der Waals surface area (Å²) in [5, 5.41) is 4.88. The van der Waals surface area contributed by atoms with Gasteiger partial charge in [-0.3, -0.25) is 4.57 Å². The molecule has 0 amide bonds. The van der Waals surface area contributed by atoms with Gasteiger partial charge < -0.3 is 0 Å². The molecule has 4 aromatic heterocycles. The third-order valence-electron chi connectivity index (χ3n) is 12.3. The third-order valence-corrected chi connectivity index (χ3v) is 14.6. The molecule has 0 aliphatic heterocycles. The lowest BCUT2D eigenvalue weighted by atomic mass is 9.98. The molecular formula is C58H35N5S2. The minimum absolute atomic E-state index is 0.642. The fourth-order valence-electron chi connectivity index (χ4n) is 9.20. The maximum Gasteiger partial charge on any atom is 0.164 e. The smallest absolute Gasteiger partial charge is 0.164 e. The number of nitrogens with zero attached hydrogens (tertiary/aromatic N) is 5. The third kappa shape index (κ3) is 6.43. The van der Waals surface area contributed by atoms with E-state index in [1.54, 1.807) is 11.3 Å². The Labute approximate surface area is 382 Å². The van der Waals surface area contributed by atoms with E-state index in [0.717, 1.165) is 55.9 Å². The summed E-state index contributed by atoms with van der Waals surface area (Å²) in [7, 11) is 0. The summed E-state index contributed by atoms with van der Waals surface area (Å²) in [5.41, 5.74) is 11.8. The van der Waals surface area contributed by atoms with E-state index in [1.165, 1.54) is 51.5 Å². The molecule has 0 N–H and O–H groups in total. The highest BCUT2D eigenvalue weighted by Gasteiger charge is 2.19. The Morgan fingerprint density at radius 1 is 0.338 bits per heavy atom. The van der Waals surface area contributed by atoms with Gasteiger partial charge in [-0.1, -0.05) is 158 Å². The van der Waals surface area contributed by atoms with Crippen molar-refractivity contribution in [1.29, 1.82) is 0 Å². The molecular weight excluding hydrogens is 831 g/mol. The highest BCUT2D eigenvalue weighted by molar-refractivity contribution is 7.26. The van der Waals surface area contributed by atoms with E-state index < -0.39 is 0 Å². The predicted molar refractivity (Wildman–Crippen MR) is 273 cm³/mol. The van der Waals surface area contributed by atoms with Crippen molar-refractivity contribution in [2.24, 2.45) is 0 Å². The summed E-state index contributed by atoms with van der Waals surface area (Å²) < 4.78 is 7.22. The zero-order chi connectivity index (χ0) is 42.8.